The van der Waals surface area contributed by atoms with E-state index in [0.29, 0.717) is 41.4 Å². The molecule has 2 aromatic heterocycles. The number of hydrogen-bond acceptors (Lipinski definition) is 8. The van der Waals surface area contributed by atoms with Crippen LogP contribution in [0.25, 0.3) is 11.0 Å². The predicted octanol–water partition coefficient (Wildman–Crippen LogP) is 2.49. The van der Waals surface area contributed by atoms with Crippen molar-refractivity contribution in [3.05, 3.63) is 87.4 Å². The Kier molecular flexibility index (Phi) is 6.21. The summed E-state index contributed by atoms with van der Waals surface area (Å²) in [6.07, 6.45) is 1.46. The van der Waals surface area contributed by atoms with Crippen LogP contribution in [0.15, 0.2) is 63.9 Å². The molecule has 0 radical (unpaired) electrons. The van der Waals surface area contributed by atoms with E-state index in [0.717, 1.165) is 16.5 Å². The van der Waals surface area contributed by atoms with Crippen molar-refractivity contribution in [2.24, 2.45) is 0 Å². The van der Waals surface area contributed by atoms with Gasteiger partial charge in [-0.05, 0) is 41.8 Å². The summed E-state index contributed by atoms with van der Waals surface area (Å²) in [6, 6.07) is 14.5. The zero-order chi connectivity index (χ0) is 23.4. The van der Waals surface area contributed by atoms with Gasteiger partial charge < -0.3 is 25.9 Å². The molecule has 1 amide bonds. The van der Waals surface area contributed by atoms with Crippen LogP contribution in [-0.4, -0.2) is 15.9 Å². The average Bonchev–Trinajstić information content (AvgIpc) is 2.79. The third-order valence-electron chi connectivity index (χ3n) is 5.18. The molecule has 0 aliphatic heterocycles. The monoisotopic (exact) mass is 445 g/mol. The Morgan fingerprint density at radius 3 is 2.61 bits per heavy atom. The summed E-state index contributed by atoms with van der Waals surface area (Å²) >= 11 is 0. The second-order valence-corrected chi connectivity index (χ2v) is 7.57. The molecule has 0 aliphatic rings. The Balaban J connectivity index is 1.34. The van der Waals surface area contributed by atoms with Gasteiger partial charge >= 0.3 is 11.6 Å². The van der Waals surface area contributed by atoms with Gasteiger partial charge in [-0.25, -0.2) is 9.78 Å². The third-order valence-corrected chi connectivity index (χ3v) is 5.18. The second-order valence-electron chi connectivity index (χ2n) is 7.57. The fourth-order valence-electron chi connectivity index (χ4n) is 3.36. The first-order chi connectivity index (χ1) is 15.9. The summed E-state index contributed by atoms with van der Waals surface area (Å²) in [5.74, 6) is 0.0684. The van der Waals surface area contributed by atoms with Gasteiger partial charge in [-0.1, -0.05) is 24.3 Å². The van der Waals surface area contributed by atoms with Crippen LogP contribution in [0.1, 0.15) is 22.3 Å². The Hall–Kier alpha value is -4.40. The minimum absolute atomic E-state index is 0.0688. The number of fused-ring (bicyclic) bond motifs is 1. The van der Waals surface area contributed by atoms with Crippen molar-refractivity contribution in [1.29, 1.82) is 0 Å². The number of nitrogens with one attached hydrogen (secondary N) is 1. The molecule has 0 spiro atoms. The smallest absolute Gasteiger partial charge is 0.340 e. The van der Waals surface area contributed by atoms with Gasteiger partial charge in [0.2, 0.25) is 5.91 Å². The van der Waals surface area contributed by atoms with Crippen molar-refractivity contribution < 1.29 is 13.9 Å². The highest BCUT2D eigenvalue weighted by atomic mass is 16.5. The van der Waals surface area contributed by atoms with Gasteiger partial charge in [-0.15, -0.1) is 0 Å². The van der Waals surface area contributed by atoms with E-state index in [1.54, 1.807) is 31.2 Å². The molecule has 4 aromatic rings. The van der Waals surface area contributed by atoms with Crippen LogP contribution in [0.2, 0.25) is 0 Å². The summed E-state index contributed by atoms with van der Waals surface area (Å²) in [4.78, 5) is 32.8. The standard InChI is InChI=1S/C24H23N5O4/c1-14-18-7-6-17(25)10-20(18)33-23(31)19(14)11-22(30)28-12-15-2-4-16(5-3-15)13-32-24-27-9-8-21(26)29-24/h2-10H,11-13,25H2,1H3,(H,28,30)(H2,26,27,29). The molecule has 0 atom stereocenters. The molecule has 2 heterocycles. The molecule has 0 saturated heterocycles. The van der Waals surface area contributed by atoms with Crippen LogP contribution in [0.3, 0.4) is 0 Å². The zero-order valence-corrected chi connectivity index (χ0v) is 18.0. The first-order valence-electron chi connectivity index (χ1n) is 10.3. The summed E-state index contributed by atoms with van der Waals surface area (Å²) in [5.41, 5.74) is 14.6. The maximum atomic E-state index is 12.5. The van der Waals surface area contributed by atoms with E-state index < -0.39 is 5.63 Å². The van der Waals surface area contributed by atoms with Crippen LogP contribution in [-0.2, 0) is 24.4 Å². The number of amides is 1. The SMILES string of the molecule is Cc1c(CC(=O)NCc2ccc(COc3nccc(N)n3)cc2)c(=O)oc2cc(N)ccc12. The zero-order valence-electron chi connectivity index (χ0n) is 18.0. The number of hydrogen-bond donors (Lipinski definition) is 3. The van der Waals surface area contributed by atoms with E-state index in [-0.39, 0.29) is 18.3 Å². The van der Waals surface area contributed by atoms with Crippen molar-refractivity contribution in [2.75, 3.05) is 11.5 Å². The number of nitrogens with zero attached hydrogens (tertiary/aromatic N) is 2. The van der Waals surface area contributed by atoms with E-state index in [4.69, 9.17) is 20.6 Å². The van der Waals surface area contributed by atoms with Crippen molar-refractivity contribution in [1.82, 2.24) is 15.3 Å². The summed E-state index contributed by atoms with van der Waals surface area (Å²) in [7, 11) is 0. The van der Waals surface area contributed by atoms with Crippen LogP contribution in [0.5, 0.6) is 6.01 Å². The number of nitrogens with two attached hydrogens (primary N) is 2. The van der Waals surface area contributed by atoms with Gasteiger partial charge in [-0.3, -0.25) is 4.79 Å². The van der Waals surface area contributed by atoms with Crippen molar-refractivity contribution in [2.45, 2.75) is 26.5 Å². The Labute approximate surface area is 189 Å². The number of nitrogen functional groups attached to an aromatic ring is 2. The van der Waals surface area contributed by atoms with Gasteiger partial charge in [0.15, 0.2) is 0 Å². The predicted molar refractivity (Wildman–Crippen MR) is 124 cm³/mol. The van der Waals surface area contributed by atoms with Gasteiger partial charge in [0, 0.05) is 29.9 Å². The molecule has 0 saturated carbocycles. The number of carbonyl (C=O) groups excluding carboxylic acids is 1. The molecule has 0 unspecified atom stereocenters. The van der Waals surface area contributed by atoms with Crippen LogP contribution >= 0.6 is 0 Å². The maximum absolute atomic E-state index is 12.5. The largest absolute Gasteiger partial charge is 0.459 e. The molecule has 4 rings (SSSR count). The number of aryl methyl sites for hydroxylation is 1. The topological polar surface area (TPSA) is 146 Å². The highest BCUT2D eigenvalue weighted by Crippen LogP contribution is 2.22. The van der Waals surface area contributed by atoms with Gasteiger partial charge in [0.05, 0.1) is 12.0 Å². The highest BCUT2D eigenvalue weighted by Gasteiger charge is 2.15. The Morgan fingerprint density at radius 2 is 1.85 bits per heavy atom. The van der Waals surface area contributed by atoms with Gasteiger partial charge in [-0.2, -0.15) is 4.98 Å². The fourth-order valence-corrected chi connectivity index (χ4v) is 3.36. The van der Waals surface area contributed by atoms with Gasteiger partial charge in [0.25, 0.3) is 0 Å². The summed E-state index contributed by atoms with van der Waals surface area (Å²) < 4.78 is 10.9. The van der Waals surface area contributed by atoms with Crippen LogP contribution in [0, 0.1) is 6.92 Å². The second kappa shape index (κ2) is 9.39. The molecule has 0 aliphatic carbocycles. The number of aromatic nitrogens is 2. The lowest BCUT2D eigenvalue weighted by atomic mass is 10.0. The first-order valence-corrected chi connectivity index (χ1v) is 10.3. The number of rotatable bonds is 7. The lowest BCUT2D eigenvalue weighted by Crippen LogP contribution is -2.27. The molecule has 168 valence electrons. The minimum Gasteiger partial charge on any atom is -0.459 e. The minimum atomic E-state index is -0.533. The summed E-state index contributed by atoms with van der Waals surface area (Å²) in [6.45, 7) is 2.42. The van der Waals surface area contributed by atoms with Gasteiger partial charge in [0.1, 0.15) is 18.0 Å². The van der Waals surface area contributed by atoms with E-state index >= 15 is 0 Å². The molecule has 9 nitrogen and oxygen atoms in total. The molecule has 2 aromatic carbocycles. The van der Waals surface area contributed by atoms with Crippen molar-refractivity contribution in [3.8, 4) is 6.01 Å². The average molecular weight is 445 g/mol. The molecule has 5 N–H and O–H groups in total. The quantitative estimate of drug-likeness (QED) is 0.290. The van der Waals surface area contributed by atoms with Crippen LogP contribution < -0.4 is 27.1 Å². The molecule has 9 heteroatoms. The normalized spacial score (nSPS) is 10.8. The van der Waals surface area contributed by atoms with E-state index in [2.05, 4.69) is 15.3 Å². The molecule has 0 bridgehead atoms. The molecule has 0 fully saturated rings. The first kappa shape index (κ1) is 21.8. The van der Waals surface area contributed by atoms with E-state index in [1.165, 1.54) is 6.20 Å². The van der Waals surface area contributed by atoms with E-state index in [1.807, 2.05) is 24.3 Å². The molecular formula is C24H23N5O4. The molecule has 33 heavy (non-hydrogen) atoms. The number of anilines is 2. The van der Waals surface area contributed by atoms with Crippen molar-refractivity contribution >= 4 is 28.4 Å². The number of ether oxygens (including phenoxy) is 1. The maximum Gasteiger partial charge on any atom is 0.340 e. The lowest BCUT2D eigenvalue weighted by molar-refractivity contribution is -0.120. The fraction of sp³-hybridized carbons (Fsp3) is 0.167. The third kappa shape index (κ3) is 5.27. The summed E-state index contributed by atoms with van der Waals surface area (Å²) in [5, 5.41) is 3.60. The highest BCUT2D eigenvalue weighted by molar-refractivity contribution is 5.86. The molecular weight excluding hydrogens is 422 g/mol. The number of carbonyl (C=O) groups is 1. The van der Waals surface area contributed by atoms with Crippen molar-refractivity contribution in [3.63, 3.8) is 0 Å². The van der Waals surface area contributed by atoms with E-state index in [9.17, 15) is 9.59 Å². The Bertz CT molecular complexity index is 1370. The lowest BCUT2D eigenvalue weighted by Gasteiger charge is -2.10. The number of benzene rings is 2. The Morgan fingerprint density at radius 1 is 1.09 bits per heavy atom. The van der Waals surface area contributed by atoms with Crippen LogP contribution in [0.4, 0.5) is 11.5 Å².